The number of ketones is 1. The van der Waals surface area contributed by atoms with E-state index in [4.69, 9.17) is 15.2 Å². The predicted octanol–water partition coefficient (Wildman–Crippen LogP) is 3.94. The number of nitrogens with two attached hydrogens (primary N) is 1. The highest BCUT2D eigenvalue weighted by molar-refractivity contribution is 5.87. The first-order chi connectivity index (χ1) is 22.2. The monoisotopic (exact) mass is 638 g/mol. The van der Waals surface area contributed by atoms with Crippen LogP contribution in [0.25, 0.3) is 0 Å². The van der Waals surface area contributed by atoms with E-state index in [9.17, 15) is 18.4 Å². The summed E-state index contributed by atoms with van der Waals surface area (Å²) in [6.45, 7) is 3.02. The number of ether oxygens (including phenoxy) is 2. The smallest absolute Gasteiger partial charge is 0.306 e. The predicted molar refractivity (Wildman–Crippen MR) is 167 cm³/mol. The minimum absolute atomic E-state index is 0.117. The van der Waals surface area contributed by atoms with Crippen LogP contribution in [0.4, 0.5) is 13.2 Å². The van der Waals surface area contributed by atoms with Crippen molar-refractivity contribution < 1.29 is 32.2 Å². The van der Waals surface area contributed by atoms with Gasteiger partial charge in [0.1, 0.15) is 24.1 Å². The molecule has 0 spiro atoms. The quantitative estimate of drug-likeness (QED) is 0.271. The van der Waals surface area contributed by atoms with E-state index in [0.717, 1.165) is 25.7 Å². The molecule has 0 radical (unpaired) electrons. The summed E-state index contributed by atoms with van der Waals surface area (Å²) in [5, 5.41) is 3.35. The summed E-state index contributed by atoms with van der Waals surface area (Å²) in [7, 11) is 2.05. The molecule has 3 aromatic rings. The van der Waals surface area contributed by atoms with Crippen LogP contribution in [0.2, 0.25) is 0 Å². The Bertz CT molecular complexity index is 1420. The number of nitrogens with zero attached hydrogens (tertiary/aromatic N) is 2. The van der Waals surface area contributed by atoms with Gasteiger partial charge in [-0.2, -0.15) is 0 Å². The fourth-order valence-electron chi connectivity index (χ4n) is 6.32. The van der Waals surface area contributed by atoms with Crippen molar-refractivity contribution in [1.82, 2.24) is 15.2 Å². The second-order valence-corrected chi connectivity index (χ2v) is 12.4. The zero-order chi connectivity index (χ0) is 32.6. The lowest BCUT2D eigenvalue weighted by Crippen LogP contribution is -2.49. The van der Waals surface area contributed by atoms with Gasteiger partial charge < -0.3 is 25.4 Å². The van der Waals surface area contributed by atoms with Gasteiger partial charge in [0.05, 0.1) is 31.0 Å². The number of carbonyl (C=O) groups is 2. The number of esters is 1. The Balaban J connectivity index is 1.16. The molecule has 0 aliphatic carbocycles. The topological polar surface area (TPSA) is 107 Å². The fraction of sp³-hybridized carbons (Fsp3) is 0.457. The molecular formula is C35H41F3N4O4. The average molecular weight is 639 g/mol. The Labute approximate surface area is 267 Å². The van der Waals surface area contributed by atoms with E-state index >= 15 is 4.39 Å². The highest BCUT2D eigenvalue weighted by atomic mass is 19.1. The van der Waals surface area contributed by atoms with Gasteiger partial charge in [-0.1, -0.05) is 24.3 Å². The third-order valence-electron chi connectivity index (χ3n) is 8.92. The molecule has 0 bridgehead atoms. The molecule has 3 heterocycles. The molecule has 0 amide bonds. The van der Waals surface area contributed by atoms with Crippen molar-refractivity contribution in [1.29, 1.82) is 0 Å². The number of rotatable bonds is 13. The maximum Gasteiger partial charge on any atom is 0.306 e. The third-order valence-corrected chi connectivity index (χ3v) is 8.92. The van der Waals surface area contributed by atoms with Crippen LogP contribution in [-0.2, 0) is 31.9 Å². The van der Waals surface area contributed by atoms with Crippen molar-refractivity contribution in [2.24, 2.45) is 11.7 Å². The molecule has 8 nitrogen and oxygen atoms in total. The number of aromatic nitrogens is 1. The SMILES string of the molecule is CN1CCC(CC(=O)OC[C@@H]2CO[C@H](CCc3c(F)cncc3CC(=O)[C@@H](N)C(c3ccc(F)cc3)c3ccc(F)cc3)CN2)C1. The average Bonchev–Trinajstić information content (AvgIpc) is 3.46. The van der Waals surface area contributed by atoms with E-state index in [1.807, 2.05) is 7.05 Å². The lowest BCUT2D eigenvalue weighted by Gasteiger charge is -2.30. The first-order valence-electron chi connectivity index (χ1n) is 15.8. The number of hydrogen-bond acceptors (Lipinski definition) is 8. The summed E-state index contributed by atoms with van der Waals surface area (Å²) in [6, 6.07) is 10.1. The van der Waals surface area contributed by atoms with Gasteiger partial charge in [-0.15, -0.1) is 0 Å². The molecular weight excluding hydrogens is 597 g/mol. The van der Waals surface area contributed by atoms with Gasteiger partial charge in [0.25, 0.3) is 0 Å². The van der Waals surface area contributed by atoms with Crippen molar-refractivity contribution in [3.05, 3.63) is 101 Å². The van der Waals surface area contributed by atoms with Crippen LogP contribution in [0.5, 0.6) is 0 Å². The number of carbonyl (C=O) groups excluding carboxylic acids is 2. The molecule has 246 valence electrons. The van der Waals surface area contributed by atoms with Crippen molar-refractivity contribution in [3.8, 4) is 0 Å². The lowest BCUT2D eigenvalue weighted by atomic mass is 9.82. The maximum atomic E-state index is 15.0. The van der Waals surface area contributed by atoms with Crippen molar-refractivity contribution in [2.45, 2.75) is 56.2 Å². The molecule has 1 unspecified atom stereocenters. The first kappa shape index (κ1) is 33.7. The number of halogens is 3. The van der Waals surface area contributed by atoms with Crippen LogP contribution >= 0.6 is 0 Å². The van der Waals surface area contributed by atoms with Crippen LogP contribution < -0.4 is 11.1 Å². The number of Topliss-reactive ketones (excluding diaryl/α,β-unsaturated/α-hetero) is 1. The second-order valence-electron chi connectivity index (χ2n) is 12.4. The Kier molecular flexibility index (Phi) is 11.6. The van der Waals surface area contributed by atoms with Gasteiger partial charge in [0, 0.05) is 38.0 Å². The first-order valence-corrected chi connectivity index (χ1v) is 15.8. The van der Waals surface area contributed by atoms with E-state index < -0.39 is 29.4 Å². The molecule has 2 aromatic carbocycles. The fourth-order valence-corrected chi connectivity index (χ4v) is 6.32. The van der Waals surface area contributed by atoms with Crippen molar-refractivity contribution in [3.63, 3.8) is 0 Å². The number of likely N-dealkylation sites (tertiary alicyclic amines) is 1. The van der Waals surface area contributed by atoms with Gasteiger partial charge in [-0.3, -0.25) is 14.6 Å². The van der Waals surface area contributed by atoms with E-state index in [0.29, 0.717) is 60.6 Å². The molecule has 2 fully saturated rings. The molecule has 5 rings (SSSR count). The summed E-state index contributed by atoms with van der Waals surface area (Å²) in [4.78, 5) is 32.0. The Morgan fingerprint density at radius 2 is 1.74 bits per heavy atom. The number of pyridine rings is 1. The van der Waals surface area contributed by atoms with E-state index in [1.54, 1.807) is 24.3 Å². The largest absolute Gasteiger partial charge is 0.464 e. The van der Waals surface area contributed by atoms with Gasteiger partial charge in [-0.05, 0) is 85.3 Å². The van der Waals surface area contributed by atoms with Crippen LogP contribution in [0.1, 0.15) is 47.4 Å². The highest BCUT2D eigenvalue weighted by Gasteiger charge is 2.30. The Morgan fingerprint density at radius 1 is 1.07 bits per heavy atom. The summed E-state index contributed by atoms with van der Waals surface area (Å²) >= 11 is 0. The molecule has 2 aliphatic rings. The minimum atomic E-state index is -1.07. The van der Waals surface area contributed by atoms with Crippen LogP contribution in [-0.4, -0.2) is 79.7 Å². The van der Waals surface area contributed by atoms with Crippen LogP contribution in [0, 0.1) is 23.4 Å². The van der Waals surface area contributed by atoms with Gasteiger partial charge in [0.15, 0.2) is 5.78 Å². The van der Waals surface area contributed by atoms with E-state index in [1.165, 1.54) is 30.5 Å². The van der Waals surface area contributed by atoms with Crippen LogP contribution in [0.3, 0.4) is 0 Å². The normalized spacial score (nSPS) is 21.0. The molecule has 1 aromatic heterocycles. The highest BCUT2D eigenvalue weighted by Crippen LogP contribution is 2.29. The number of hydrogen-bond donors (Lipinski definition) is 2. The lowest BCUT2D eigenvalue weighted by molar-refractivity contribution is -0.146. The number of nitrogens with one attached hydrogen (secondary N) is 1. The van der Waals surface area contributed by atoms with E-state index in [-0.39, 0.29) is 36.9 Å². The summed E-state index contributed by atoms with van der Waals surface area (Å²) < 4.78 is 53.9. The van der Waals surface area contributed by atoms with Crippen LogP contribution in [0.15, 0.2) is 60.9 Å². The van der Waals surface area contributed by atoms with Gasteiger partial charge >= 0.3 is 5.97 Å². The van der Waals surface area contributed by atoms with Gasteiger partial charge in [0.2, 0.25) is 0 Å². The molecule has 2 aliphatic heterocycles. The van der Waals surface area contributed by atoms with E-state index in [2.05, 4.69) is 15.2 Å². The molecule has 3 N–H and O–H groups in total. The second kappa shape index (κ2) is 15.8. The van der Waals surface area contributed by atoms with Crippen molar-refractivity contribution >= 4 is 11.8 Å². The third kappa shape index (κ3) is 9.00. The standard InChI is InChI=1S/C35H41F3N4O4/c1-42-13-12-22(19-42)14-33(44)46-21-28-20-45-29(17-41-28)10-11-30-25(16-40-18-31(30)38)15-32(43)35(39)34(23-2-6-26(36)7-3-23)24-4-8-27(37)9-5-24/h2-9,16,18,22,28-29,34-35,41H,10-15,17,19-21,39H2,1H3/t22?,28-,29+,35+/m0/s1. The minimum Gasteiger partial charge on any atom is -0.464 e. The maximum absolute atomic E-state index is 15.0. The zero-order valence-corrected chi connectivity index (χ0v) is 26.0. The molecule has 2 saturated heterocycles. The molecule has 11 heteroatoms. The Morgan fingerprint density at radius 3 is 2.33 bits per heavy atom. The number of benzene rings is 2. The molecule has 0 saturated carbocycles. The van der Waals surface area contributed by atoms with Crippen molar-refractivity contribution in [2.75, 3.05) is 39.9 Å². The molecule has 4 atom stereocenters. The number of morpholine rings is 1. The molecule has 46 heavy (non-hydrogen) atoms. The summed E-state index contributed by atoms with van der Waals surface area (Å²) in [5.41, 5.74) is 8.52. The summed E-state index contributed by atoms with van der Waals surface area (Å²) in [5.74, 6) is -2.27. The van der Waals surface area contributed by atoms with Gasteiger partial charge in [-0.25, -0.2) is 13.2 Å². The Hall–Kier alpha value is -3.64. The summed E-state index contributed by atoms with van der Waals surface area (Å²) in [6.07, 6.45) is 4.48. The zero-order valence-electron chi connectivity index (χ0n) is 26.0.